The topological polar surface area (TPSA) is 57.7 Å². The number of carbonyl (C=O) groups is 1. The Morgan fingerprint density at radius 1 is 1.09 bits per heavy atom. The zero-order valence-corrected chi connectivity index (χ0v) is 25.6. The Morgan fingerprint density at radius 2 is 1.61 bits per heavy atom. The van der Waals surface area contributed by atoms with E-state index in [0.717, 1.165) is 5.01 Å². The van der Waals surface area contributed by atoms with E-state index < -0.39 is 22.6 Å². The monoisotopic (exact) mass is 511 g/mol. The normalized spacial score (nSPS) is 16.1. The van der Waals surface area contributed by atoms with Gasteiger partial charge in [-0.1, -0.05) is 54.4 Å². The van der Waals surface area contributed by atoms with E-state index in [1.54, 1.807) is 12.3 Å². The van der Waals surface area contributed by atoms with E-state index in [9.17, 15) is 4.79 Å². The summed E-state index contributed by atoms with van der Waals surface area (Å²) >= 11 is 1.47. The largest absolute Gasteiger partial charge is 0.461 e. The van der Waals surface area contributed by atoms with Crippen molar-refractivity contribution in [2.75, 3.05) is 6.61 Å². The van der Waals surface area contributed by atoms with Gasteiger partial charge in [-0.05, 0) is 43.2 Å². The van der Waals surface area contributed by atoms with Crippen LogP contribution in [-0.4, -0.2) is 46.4 Å². The van der Waals surface area contributed by atoms with Crippen molar-refractivity contribution in [3.05, 3.63) is 16.1 Å². The zero-order valence-electron chi connectivity index (χ0n) is 22.8. The minimum absolute atomic E-state index is 0.0360. The summed E-state index contributed by atoms with van der Waals surface area (Å²) in [6.45, 7) is 26.5. The summed E-state index contributed by atoms with van der Waals surface area (Å²) in [5.74, 6) is 2.46. The molecule has 0 aliphatic heterocycles. The molecule has 0 radical (unpaired) electrons. The molecule has 0 N–H and O–H groups in total. The first-order valence-electron chi connectivity index (χ1n) is 11.8. The lowest BCUT2D eigenvalue weighted by Gasteiger charge is -2.42. The highest BCUT2D eigenvalue weighted by Crippen LogP contribution is 2.42. The molecule has 1 rings (SSSR count). The average Bonchev–Trinajstić information content (AvgIpc) is 3.14. The van der Waals surface area contributed by atoms with Crippen LogP contribution in [-0.2, 0) is 13.6 Å². The summed E-state index contributed by atoms with van der Waals surface area (Å²) in [5, 5.41) is 2.73. The molecule has 188 valence electrons. The van der Waals surface area contributed by atoms with Gasteiger partial charge in [0.2, 0.25) is 0 Å². The highest BCUT2D eigenvalue weighted by atomic mass is 32.1. The molecule has 1 heterocycles. The maximum atomic E-state index is 12.1. The van der Waals surface area contributed by atoms with Crippen molar-refractivity contribution in [2.24, 2.45) is 0 Å². The van der Waals surface area contributed by atoms with Crippen LogP contribution in [0.2, 0.25) is 36.3 Å². The predicted molar refractivity (Wildman–Crippen MR) is 144 cm³/mol. The van der Waals surface area contributed by atoms with Gasteiger partial charge in [0, 0.05) is 17.7 Å². The number of nitrogens with zero attached hydrogens (tertiary/aromatic N) is 1. The number of carbonyl (C=O) groups excluding carboxylic acids is 1. The summed E-state index contributed by atoms with van der Waals surface area (Å²) in [6.07, 6.45) is 6.05. The Kier molecular flexibility index (Phi) is 10.2. The molecule has 3 atom stereocenters. The van der Waals surface area contributed by atoms with Gasteiger partial charge in [0.05, 0.1) is 17.7 Å². The number of hydrogen-bond donors (Lipinski definition) is 0. The molecule has 0 amide bonds. The van der Waals surface area contributed by atoms with Crippen molar-refractivity contribution in [3.8, 4) is 12.3 Å². The fourth-order valence-corrected chi connectivity index (χ4v) is 6.30. The minimum Gasteiger partial charge on any atom is -0.461 e. The first-order valence-corrected chi connectivity index (χ1v) is 18.5. The van der Waals surface area contributed by atoms with Gasteiger partial charge in [0.15, 0.2) is 22.3 Å². The number of ether oxygens (including phenoxy) is 1. The fraction of sp³-hybridized carbons (Fsp3) is 0.760. The molecule has 0 unspecified atom stereocenters. The van der Waals surface area contributed by atoms with Gasteiger partial charge in [-0.2, -0.15) is 0 Å². The third-order valence-corrected chi connectivity index (χ3v) is 17.1. The summed E-state index contributed by atoms with van der Waals surface area (Å²) in [7, 11) is -4.14. The second-order valence-corrected chi connectivity index (χ2v) is 22.2. The summed E-state index contributed by atoms with van der Waals surface area (Å²) in [4.78, 5) is 16.7. The third-order valence-electron chi connectivity index (χ3n) is 7.08. The second-order valence-electron chi connectivity index (χ2n) is 11.8. The molecule has 0 saturated carbocycles. The molecule has 1 aromatic rings. The predicted octanol–water partition coefficient (Wildman–Crippen LogP) is 7.23. The van der Waals surface area contributed by atoms with E-state index in [0.29, 0.717) is 18.7 Å². The highest BCUT2D eigenvalue weighted by Gasteiger charge is 2.43. The van der Waals surface area contributed by atoms with Gasteiger partial charge in [-0.15, -0.1) is 17.8 Å². The van der Waals surface area contributed by atoms with Crippen LogP contribution in [0.1, 0.15) is 83.2 Å². The lowest BCUT2D eigenvalue weighted by atomic mass is 10.00. The average molecular weight is 512 g/mol. The Bertz CT molecular complexity index is 831. The van der Waals surface area contributed by atoms with Gasteiger partial charge in [-0.25, -0.2) is 9.78 Å². The number of hydrogen-bond acceptors (Lipinski definition) is 6. The molecule has 8 heteroatoms. The quantitative estimate of drug-likeness (QED) is 0.188. The van der Waals surface area contributed by atoms with Crippen LogP contribution < -0.4 is 0 Å². The number of thiazole rings is 1. The maximum absolute atomic E-state index is 12.1. The molecule has 5 nitrogen and oxygen atoms in total. The van der Waals surface area contributed by atoms with Gasteiger partial charge >= 0.3 is 5.97 Å². The number of aromatic nitrogens is 1. The van der Waals surface area contributed by atoms with E-state index in [1.807, 2.05) is 0 Å². The minimum atomic E-state index is -2.09. The number of rotatable bonds is 10. The molecular weight excluding hydrogens is 467 g/mol. The van der Waals surface area contributed by atoms with Gasteiger partial charge in [0.25, 0.3) is 0 Å². The van der Waals surface area contributed by atoms with Crippen LogP contribution in [0.4, 0.5) is 0 Å². The fourth-order valence-electron chi connectivity index (χ4n) is 2.76. The van der Waals surface area contributed by atoms with Crippen molar-refractivity contribution in [1.82, 2.24) is 4.98 Å². The summed E-state index contributed by atoms with van der Waals surface area (Å²) in [6, 6.07) is 0. The summed E-state index contributed by atoms with van der Waals surface area (Å²) in [5.41, 5.74) is 0.348. The van der Waals surface area contributed by atoms with E-state index in [4.69, 9.17) is 20.0 Å². The van der Waals surface area contributed by atoms with E-state index in [-0.39, 0.29) is 28.2 Å². The number of terminal acetylenes is 1. The van der Waals surface area contributed by atoms with Crippen LogP contribution in [0, 0.1) is 12.3 Å². The van der Waals surface area contributed by atoms with Crippen molar-refractivity contribution in [3.63, 3.8) is 0 Å². The van der Waals surface area contributed by atoms with Crippen LogP contribution in [0.25, 0.3) is 0 Å². The molecule has 0 aliphatic carbocycles. The zero-order chi connectivity index (χ0) is 25.8. The van der Waals surface area contributed by atoms with E-state index in [2.05, 4.69) is 85.6 Å². The Labute approximate surface area is 208 Å². The first kappa shape index (κ1) is 30.0. The smallest absolute Gasteiger partial charge is 0.357 e. The van der Waals surface area contributed by atoms with Crippen molar-refractivity contribution < 1.29 is 18.4 Å². The molecule has 0 aliphatic rings. The van der Waals surface area contributed by atoms with Crippen molar-refractivity contribution >= 4 is 33.9 Å². The molecule has 0 spiro atoms. The van der Waals surface area contributed by atoms with Gasteiger partial charge < -0.3 is 13.6 Å². The molecule has 1 aromatic heterocycles. The van der Waals surface area contributed by atoms with Crippen LogP contribution >= 0.6 is 11.3 Å². The van der Waals surface area contributed by atoms with Crippen molar-refractivity contribution in [2.45, 2.75) is 116 Å². The molecule has 33 heavy (non-hydrogen) atoms. The molecule has 0 aromatic carbocycles. The SMILES string of the molecule is C#C[C@H](C[C@H](O[Si](C)(C)C(C)(C)C)[C@@H](C)c1nc(C(=O)OCC)cs1)O[Si](C)(C)C(C)(C)C. The molecular formula is C25H45NO4SSi2. The number of esters is 1. The molecule has 0 fully saturated rings. The highest BCUT2D eigenvalue weighted by molar-refractivity contribution is 7.09. The first-order chi connectivity index (χ1) is 14.9. The Morgan fingerprint density at radius 3 is 2.06 bits per heavy atom. The van der Waals surface area contributed by atoms with Crippen LogP contribution in [0.5, 0.6) is 0 Å². The summed E-state index contributed by atoms with van der Waals surface area (Å²) < 4.78 is 18.6. The van der Waals surface area contributed by atoms with Gasteiger partial charge in [-0.3, -0.25) is 0 Å². The molecule has 0 saturated heterocycles. The lowest BCUT2D eigenvalue weighted by molar-refractivity contribution is 0.0519. The maximum Gasteiger partial charge on any atom is 0.357 e. The van der Waals surface area contributed by atoms with Gasteiger partial charge in [0.1, 0.15) is 6.10 Å². The second kappa shape index (κ2) is 11.2. The third kappa shape index (κ3) is 8.03. The molecule has 0 bridgehead atoms. The Hall–Kier alpha value is -0.986. The van der Waals surface area contributed by atoms with Crippen molar-refractivity contribution in [1.29, 1.82) is 0 Å². The van der Waals surface area contributed by atoms with Crippen LogP contribution in [0.15, 0.2) is 5.38 Å². The standard InChI is InChI=1S/C25H45NO4SSi2/c1-14-19(29-32(10,11)24(4,5)6)16-21(30-33(12,13)25(7,8)9)18(3)22-26-20(17-31-22)23(27)28-15-2/h1,17-19,21H,15-16H2,2-13H3/t18-,19-,21+/m1/s1. The van der Waals surface area contributed by atoms with E-state index >= 15 is 0 Å². The Balaban J connectivity index is 3.26. The van der Waals surface area contributed by atoms with E-state index in [1.165, 1.54) is 11.3 Å². The van der Waals surface area contributed by atoms with Crippen LogP contribution in [0.3, 0.4) is 0 Å². The lowest BCUT2D eigenvalue weighted by Crippen LogP contribution is -2.48.